The van der Waals surface area contributed by atoms with E-state index in [0.29, 0.717) is 44.4 Å². The molecule has 4 aliphatic rings. The normalized spacial score (nSPS) is 24.8. The lowest BCUT2D eigenvalue weighted by molar-refractivity contribution is -0.0115. The van der Waals surface area contributed by atoms with E-state index in [2.05, 4.69) is 35.8 Å². The zero-order valence-electron chi connectivity index (χ0n) is 20.5. The lowest BCUT2D eigenvalue weighted by atomic mass is 9.83. The van der Waals surface area contributed by atoms with E-state index >= 15 is 0 Å². The van der Waals surface area contributed by atoms with E-state index in [1.165, 1.54) is 12.8 Å². The summed E-state index contributed by atoms with van der Waals surface area (Å²) < 4.78 is 14.6. The number of likely N-dealkylation sites (tertiary alicyclic amines) is 1. The van der Waals surface area contributed by atoms with Crippen molar-refractivity contribution in [3.8, 4) is 17.1 Å². The molecule has 1 N–H and O–H groups in total. The number of pyridine rings is 1. The number of nitrogens with one attached hydrogen (secondary N) is 1. The molecule has 34 heavy (non-hydrogen) atoms. The first-order valence-electron chi connectivity index (χ1n) is 12.7. The van der Waals surface area contributed by atoms with E-state index in [1.54, 1.807) is 0 Å². The molecule has 2 aromatic rings. The Morgan fingerprint density at radius 1 is 1.24 bits per heavy atom. The lowest BCUT2D eigenvalue weighted by Crippen LogP contribution is -2.50. The molecular weight excluding hydrogens is 430 g/mol. The van der Waals surface area contributed by atoms with Crippen molar-refractivity contribution in [2.75, 3.05) is 26.2 Å². The minimum absolute atomic E-state index is 0.0892. The highest BCUT2D eigenvalue weighted by atomic mass is 16.6. The molecule has 2 saturated heterocycles. The van der Waals surface area contributed by atoms with Crippen LogP contribution in [0.4, 0.5) is 4.79 Å². The second-order valence-electron chi connectivity index (χ2n) is 11.2. The Bertz CT molecular complexity index is 1100. The van der Waals surface area contributed by atoms with Crippen molar-refractivity contribution in [3.63, 3.8) is 0 Å². The largest absolute Gasteiger partial charge is 0.478 e. The minimum atomic E-state index is -0.513. The molecule has 1 amide bonds. The first kappa shape index (κ1) is 21.9. The Hall–Kier alpha value is -2.61. The summed E-state index contributed by atoms with van der Waals surface area (Å²) >= 11 is 0. The van der Waals surface area contributed by atoms with Gasteiger partial charge in [-0.2, -0.15) is 0 Å². The minimum Gasteiger partial charge on any atom is -0.478 e. The van der Waals surface area contributed by atoms with Crippen LogP contribution in [0.5, 0.6) is 5.75 Å². The van der Waals surface area contributed by atoms with Gasteiger partial charge in [-0.15, -0.1) is 0 Å². The summed E-state index contributed by atoms with van der Waals surface area (Å²) in [6, 6.07) is 3.91. The van der Waals surface area contributed by atoms with E-state index in [9.17, 15) is 4.79 Å². The average Bonchev–Trinajstić information content (AvgIpc) is 3.58. The van der Waals surface area contributed by atoms with Gasteiger partial charge in [-0.05, 0) is 64.1 Å². The fraction of sp³-hybridized carbons (Fsp3) is 0.654. The number of ether oxygens (including phenoxy) is 2. The molecule has 182 valence electrons. The fourth-order valence-corrected chi connectivity index (χ4v) is 6.03. The summed E-state index contributed by atoms with van der Waals surface area (Å²) in [5.74, 6) is 2.86. The molecule has 0 bridgehead atoms. The molecule has 8 nitrogen and oxygen atoms in total. The molecule has 0 unspecified atom stereocenters. The molecule has 1 aliphatic carbocycles. The van der Waals surface area contributed by atoms with Gasteiger partial charge >= 0.3 is 6.09 Å². The van der Waals surface area contributed by atoms with Gasteiger partial charge in [0.05, 0.1) is 12.3 Å². The number of amides is 1. The molecule has 1 atom stereocenters. The van der Waals surface area contributed by atoms with Gasteiger partial charge in [-0.1, -0.05) is 0 Å². The molecular formula is C26H35N5O3. The van der Waals surface area contributed by atoms with E-state index in [-0.39, 0.29) is 11.6 Å². The Morgan fingerprint density at radius 3 is 2.76 bits per heavy atom. The van der Waals surface area contributed by atoms with E-state index < -0.39 is 5.60 Å². The van der Waals surface area contributed by atoms with Crippen molar-refractivity contribution < 1.29 is 14.3 Å². The van der Waals surface area contributed by atoms with Gasteiger partial charge < -0.3 is 24.3 Å². The predicted molar refractivity (Wildman–Crippen MR) is 128 cm³/mol. The fourth-order valence-electron chi connectivity index (χ4n) is 6.03. The number of carbonyl (C=O) groups is 1. The van der Waals surface area contributed by atoms with Gasteiger partial charge in [0.1, 0.15) is 23.0 Å². The Morgan fingerprint density at radius 2 is 2.03 bits per heavy atom. The van der Waals surface area contributed by atoms with Gasteiger partial charge in [0, 0.05) is 50.6 Å². The molecule has 3 aliphatic heterocycles. The molecule has 0 aromatic carbocycles. The van der Waals surface area contributed by atoms with E-state index in [1.807, 2.05) is 23.2 Å². The van der Waals surface area contributed by atoms with Crippen molar-refractivity contribution in [1.82, 2.24) is 24.8 Å². The topological polar surface area (TPSA) is 81.5 Å². The Kier molecular flexibility index (Phi) is 5.13. The maximum absolute atomic E-state index is 12.6. The first-order chi connectivity index (χ1) is 16.4. The highest BCUT2D eigenvalue weighted by molar-refractivity contribution is 5.70. The zero-order chi connectivity index (χ0) is 23.5. The maximum Gasteiger partial charge on any atom is 0.409 e. The summed E-state index contributed by atoms with van der Waals surface area (Å²) in [4.78, 5) is 24.3. The van der Waals surface area contributed by atoms with E-state index in [4.69, 9.17) is 14.5 Å². The number of hydrogen-bond donors (Lipinski definition) is 1. The quantitative estimate of drug-likeness (QED) is 0.739. The van der Waals surface area contributed by atoms with Crippen molar-refractivity contribution in [2.24, 2.45) is 13.0 Å². The van der Waals surface area contributed by atoms with Gasteiger partial charge in [0.15, 0.2) is 5.60 Å². The molecule has 5 heterocycles. The summed E-state index contributed by atoms with van der Waals surface area (Å²) in [5.41, 5.74) is 2.45. The third-order valence-electron chi connectivity index (χ3n) is 8.05. The molecule has 1 saturated carbocycles. The maximum atomic E-state index is 12.6. The summed E-state index contributed by atoms with van der Waals surface area (Å²) in [7, 11) is 2.13. The lowest BCUT2D eigenvalue weighted by Gasteiger charge is -2.44. The third kappa shape index (κ3) is 3.76. The number of nitrogens with zero attached hydrogens (tertiary/aromatic N) is 4. The number of imidazole rings is 1. The molecule has 0 radical (unpaired) electrons. The second kappa shape index (κ2) is 7.97. The molecule has 6 rings (SSSR count). The van der Waals surface area contributed by atoms with Crippen molar-refractivity contribution in [1.29, 1.82) is 0 Å². The van der Waals surface area contributed by atoms with Crippen LogP contribution in [0.25, 0.3) is 11.4 Å². The zero-order valence-corrected chi connectivity index (χ0v) is 20.5. The number of rotatable bonds is 3. The van der Waals surface area contributed by atoms with Gasteiger partial charge in [-0.3, -0.25) is 4.98 Å². The summed E-state index contributed by atoms with van der Waals surface area (Å²) in [5, 5.41) is 3.62. The first-order valence-corrected chi connectivity index (χ1v) is 12.7. The van der Waals surface area contributed by atoms with Crippen LogP contribution >= 0.6 is 0 Å². The van der Waals surface area contributed by atoms with Gasteiger partial charge in [0.2, 0.25) is 0 Å². The molecule has 3 fully saturated rings. The number of fused-ring (bicyclic) bond motifs is 4. The van der Waals surface area contributed by atoms with Crippen molar-refractivity contribution in [2.45, 2.75) is 69.4 Å². The van der Waals surface area contributed by atoms with Crippen LogP contribution in [0.2, 0.25) is 0 Å². The Labute approximate surface area is 201 Å². The number of hydrogen-bond acceptors (Lipinski definition) is 6. The second-order valence-corrected chi connectivity index (χ2v) is 11.2. The number of aromatic nitrogens is 3. The smallest absolute Gasteiger partial charge is 0.409 e. The van der Waals surface area contributed by atoms with Crippen LogP contribution in [0.1, 0.15) is 69.8 Å². The number of piperidine rings is 2. The molecule has 8 heteroatoms. The van der Waals surface area contributed by atoms with Gasteiger partial charge in [-0.25, -0.2) is 9.78 Å². The van der Waals surface area contributed by atoms with Crippen LogP contribution in [0.3, 0.4) is 0 Å². The average molecular weight is 466 g/mol. The predicted octanol–water partition coefficient (Wildman–Crippen LogP) is 3.96. The molecule has 1 spiro atoms. The number of carbonyl (C=O) groups excluding carboxylic acids is 1. The highest BCUT2D eigenvalue weighted by Crippen LogP contribution is 2.49. The Balaban J connectivity index is 1.32. The van der Waals surface area contributed by atoms with Crippen LogP contribution in [0.15, 0.2) is 18.3 Å². The SMILES string of the molecule is Cn1c([C@@H]2CCNC(C)(C)C2)nc2c1C1(CCN(C(=O)OCC3CC3)CC1)Oc1cccnc1-2. The summed E-state index contributed by atoms with van der Waals surface area (Å²) in [6.07, 6.45) is 7.51. The van der Waals surface area contributed by atoms with Gasteiger partial charge in [0.25, 0.3) is 0 Å². The van der Waals surface area contributed by atoms with Crippen molar-refractivity contribution >= 4 is 6.09 Å². The standard InChI is InChI=1S/C26H35N5O3/c1-25(2)15-18(8-12-28-25)23-29-21-20-19(5-4-11-27-20)34-26(22(21)30(23)3)9-13-31(14-10-26)24(32)33-16-17-6-7-17/h4-5,11,17-18,28H,6-10,12-16H2,1-3H3/t18-/m1/s1. The van der Waals surface area contributed by atoms with Crippen LogP contribution in [0, 0.1) is 5.92 Å². The summed E-state index contributed by atoms with van der Waals surface area (Å²) in [6.45, 7) is 7.29. The van der Waals surface area contributed by atoms with Crippen LogP contribution in [-0.4, -0.2) is 57.3 Å². The van der Waals surface area contributed by atoms with E-state index in [0.717, 1.165) is 48.0 Å². The monoisotopic (exact) mass is 465 g/mol. The van der Waals surface area contributed by atoms with Crippen LogP contribution < -0.4 is 10.1 Å². The highest BCUT2D eigenvalue weighted by Gasteiger charge is 2.49. The van der Waals surface area contributed by atoms with Crippen LogP contribution in [-0.2, 0) is 17.4 Å². The third-order valence-corrected chi connectivity index (χ3v) is 8.05. The van der Waals surface area contributed by atoms with Crippen molar-refractivity contribution in [3.05, 3.63) is 29.8 Å². The molecule has 2 aromatic heterocycles.